The Kier molecular flexibility index (Phi) is 19.1. The lowest BCUT2D eigenvalue weighted by molar-refractivity contribution is 0.547. The Bertz CT molecular complexity index is 523. The zero-order valence-electron chi connectivity index (χ0n) is 18.4. The van der Waals surface area contributed by atoms with Crippen molar-refractivity contribution in [3.63, 3.8) is 0 Å². The minimum Gasteiger partial charge on any atom is -0.0845 e. The summed E-state index contributed by atoms with van der Waals surface area (Å²) in [5.74, 6) is 0. The minimum absolute atomic E-state index is 1.21. The summed E-state index contributed by atoms with van der Waals surface area (Å²) in [5.41, 5.74) is 0. The van der Waals surface area contributed by atoms with Gasteiger partial charge in [-0.2, -0.15) is 0 Å². The van der Waals surface area contributed by atoms with Crippen LogP contribution >= 0.6 is 0 Å². The highest BCUT2D eigenvalue weighted by Crippen LogP contribution is 2.12. The number of rotatable bonds is 0. The second-order valence-electron chi connectivity index (χ2n) is 7.63. The molecule has 0 aromatic carbocycles. The SMILES string of the molecule is C1=CCCCCCCCCCCCCC/C=C/C=C/C=C/C=C\C=C\C=C/C=C\1. The van der Waals surface area contributed by atoms with E-state index in [0.717, 1.165) is 0 Å². The molecule has 0 N–H and O–H groups in total. The van der Waals surface area contributed by atoms with Crippen molar-refractivity contribution in [3.8, 4) is 0 Å². The first-order chi connectivity index (χ1) is 14.5. The van der Waals surface area contributed by atoms with E-state index in [0.29, 0.717) is 0 Å². The molecular weight excluding hydrogens is 348 g/mol. The molecule has 0 nitrogen and oxygen atoms in total. The van der Waals surface area contributed by atoms with Gasteiger partial charge in [-0.3, -0.25) is 0 Å². The zero-order valence-corrected chi connectivity index (χ0v) is 18.4. The van der Waals surface area contributed by atoms with Crippen LogP contribution in [0.15, 0.2) is 97.2 Å². The van der Waals surface area contributed by atoms with E-state index in [1.165, 1.54) is 83.5 Å². The van der Waals surface area contributed by atoms with Crippen LogP contribution in [0, 0.1) is 0 Å². The molecule has 29 heavy (non-hydrogen) atoms. The fourth-order valence-electron chi connectivity index (χ4n) is 3.23. The molecule has 0 amide bonds. The number of hydrogen-bond acceptors (Lipinski definition) is 0. The van der Waals surface area contributed by atoms with Crippen LogP contribution in [0.5, 0.6) is 0 Å². The standard InChI is InChI=1S/C29H42/c1-2-4-6-8-10-12-14-16-18-20-22-24-26-28-29-27-25-23-21-19-17-15-13-11-9-7-5-3-1/h1-16H,17-29H2/b3-1-,4-2+,7-5+,8-6-,11-9+,12-10-,15-13+,16-14?. The molecule has 0 atom stereocenters. The molecular formula is C29H42. The summed E-state index contributed by atoms with van der Waals surface area (Å²) in [6.45, 7) is 0. The van der Waals surface area contributed by atoms with Gasteiger partial charge in [0, 0.05) is 0 Å². The lowest BCUT2D eigenvalue weighted by atomic mass is 10.0. The number of hydrogen-bond donors (Lipinski definition) is 0. The predicted molar refractivity (Wildman–Crippen MR) is 133 cm³/mol. The molecule has 1 aliphatic rings. The largest absolute Gasteiger partial charge is 0.0845 e. The molecule has 0 saturated heterocycles. The molecule has 0 fully saturated rings. The summed E-state index contributed by atoms with van der Waals surface area (Å²) >= 11 is 0. The first-order valence-corrected chi connectivity index (χ1v) is 11.8. The van der Waals surface area contributed by atoms with Crippen molar-refractivity contribution >= 4 is 0 Å². The van der Waals surface area contributed by atoms with Crippen molar-refractivity contribution in [1.29, 1.82) is 0 Å². The van der Waals surface area contributed by atoms with Crippen LogP contribution in [0.1, 0.15) is 83.5 Å². The van der Waals surface area contributed by atoms with Crippen LogP contribution in [0.4, 0.5) is 0 Å². The van der Waals surface area contributed by atoms with E-state index in [1.54, 1.807) is 0 Å². The fourth-order valence-corrected chi connectivity index (χ4v) is 3.23. The highest BCUT2D eigenvalue weighted by atomic mass is 14.0. The molecule has 1 rings (SSSR count). The van der Waals surface area contributed by atoms with Crippen LogP contribution < -0.4 is 0 Å². The van der Waals surface area contributed by atoms with Gasteiger partial charge in [-0.25, -0.2) is 0 Å². The molecule has 0 heteroatoms. The zero-order chi connectivity index (χ0) is 20.5. The van der Waals surface area contributed by atoms with Crippen molar-refractivity contribution in [2.24, 2.45) is 0 Å². The van der Waals surface area contributed by atoms with Crippen LogP contribution in [0.3, 0.4) is 0 Å². The lowest BCUT2D eigenvalue weighted by Crippen LogP contribution is -1.82. The summed E-state index contributed by atoms with van der Waals surface area (Å²) in [6, 6.07) is 0. The summed E-state index contributed by atoms with van der Waals surface area (Å²) < 4.78 is 0. The molecule has 0 aliphatic heterocycles. The molecule has 0 aromatic heterocycles. The summed E-state index contributed by atoms with van der Waals surface area (Å²) in [7, 11) is 0. The van der Waals surface area contributed by atoms with Gasteiger partial charge in [0.1, 0.15) is 0 Å². The van der Waals surface area contributed by atoms with E-state index in [1.807, 2.05) is 24.3 Å². The monoisotopic (exact) mass is 390 g/mol. The Hall–Kier alpha value is -2.08. The quantitative estimate of drug-likeness (QED) is 0.386. The minimum atomic E-state index is 1.21. The van der Waals surface area contributed by atoms with E-state index in [4.69, 9.17) is 0 Å². The molecule has 0 heterocycles. The van der Waals surface area contributed by atoms with Crippen molar-refractivity contribution in [2.75, 3.05) is 0 Å². The predicted octanol–water partition coefficient (Wildman–Crippen LogP) is 9.52. The van der Waals surface area contributed by atoms with Gasteiger partial charge < -0.3 is 0 Å². The highest BCUT2D eigenvalue weighted by molar-refractivity contribution is 5.21. The van der Waals surface area contributed by atoms with E-state index in [9.17, 15) is 0 Å². The van der Waals surface area contributed by atoms with Crippen molar-refractivity contribution in [3.05, 3.63) is 97.2 Å². The third kappa shape index (κ3) is 20.5. The summed E-state index contributed by atoms with van der Waals surface area (Å²) in [4.78, 5) is 0. The molecule has 0 unspecified atom stereocenters. The average molecular weight is 391 g/mol. The molecule has 0 aromatic rings. The van der Waals surface area contributed by atoms with E-state index in [-0.39, 0.29) is 0 Å². The van der Waals surface area contributed by atoms with Crippen molar-refractivity contribution in [2.45, 2.75) is 83.5 Å². The molecule has 0 radical (unpaired) electrons. The van der Waals surface area contributed by atoms with Crippen LogP contribution in [-0.2, 0) is 0 Å². The van der Waals surface area contributed by atoms with Gasteiger partial charge in [0.05, 0.1) is 0 Å². The molecule has 158 valence electrons. The maximum Gasteiger partial charge on any atom is -0.0348 e. The maximum atomic E-state index is 2.29. The van der Waals surface area contributed by atoms with Crippen LogP contribution in [0.25, 0.3) is 0 Å². The Balaban J connectivity index is 2.34. The molecule has 0 spiro atoms. The molecule has 0 saturated carbocycles. The topological polar surface area (TPSA) is 0 Å². The molecule has 0 bridgehead atoms. The van der Waals surface area contributed by atoms with Gasteiger partial charge in [0.25, 0.3) is 0 Å². The van der Waals surface area contributed by atoms with Crippen LogP contribution in [0.2, 0.25) is 0 Å². The third-order valence-electron chi connectivity index (χ3n) is 4.96. The normalized spacial score (nSPS) is 27.3. The van der Waals surface area contributed by atoms with E-state index >= 15 is 0 Å². The van der Waals surface area contributed by atoms with Gasteiger partial charge in [0.15, 0.2) is 0 Å². The fraction of sp³-hybridized carbons (Fsp3) is 0.448. The Morgan fingerprint density at radius 1 is 0.207 bits per heavy atom. The highest BCUT2D eigenvalue weighted by Gasteiger charge is 1.93. The Morgan fingerprint density at radius 3 is 0.690 bits per heavy atom. The smallest absolute Gasteiger partial charge is 0.0348 e. The lowest BCUT2D eigenvalue weighted by Gasteiger charge is -2.02. The van der Waals surface area contributed by atoms with Gasteiger partial charge in [-0.15, -0.1) is 0 Å². The van der Waals surface area contributed by atoms with Gasteiger partial charge >= 0.3 is 0 Å². The van der Waals surface area contributed by atoms with Gasteiger partial charge in [-0.1, -0.05) is 155 Å². The average Bonchev–Trinajstić information content (AvgIpc) is 2.73. The molecule has 1 aliphatic carbocycles. The van der Waals surface area contributed by atoms with Gasteiger partial charge in [-0.05, 0) is 25.7 Å². The maximum absolute atomic E-state index is 2.29. The summed E-state index contributed by atoms with van der Waals surface area (Å²) in [6.07, 6.45) is 51.5. The van der Waals surface area contributed by atoms with E-state index in [2.05, 4.69) is 72.9 Å². The Morgan fingerprint density at radius 2 is 0.414 bits per heavy atom. The first-order valence-electron chi connectivity index (χ1n) is 11.8. The Labute approximate surface area is 180 Å². The first kappa shape index (κ1) is 25.0. The second kappa shape index (κ2) is 22.2. The number of allylic oxidation sites excluding steroid dienone is 16. The summed E-state index contributed by atoms with van der Waals surface area (Å²) in [5, 5.41) is 0. The van der Waals surface area contributed by atoms with Crippen LogP contribution in [-0.4, -0.2) is 0 Å². The van der Waals surface area contributed by atoms with Gasteiger partial charge in [0.2, 0.25) is 0 Å². The van der Waals surface area contributed by atoms with Crippen molar-refractivity contribution < 1.29 is 0 Å². The third-order valence-corrected chi connectivity index (χ3v) is 4.96. The second-order valence-corrected chi connectivity index (χ2v) is 7.63. The van der Waals surface area contributed by atoms with Crippen molar-refractivity contribution in [1.82, 2.24) is 0 Å². The van der Waals surface area contributed by atoms with E-state index < -0.39 is 0 Å².